The van der Waals surface area contributed by atoms with Crippen LogP contribution in [0.4, 0.5) is 0 Å². The van der Waals surface area contributed by atoms with Gasteiger partial charge >= 0.3 is 0 Å². The zero-order valence-corrected chi connectivity index (χ0v) is 13.7. The highest BCUT2D eigenvalue weighted by molar-refractivity contribution is 5.09. The summed E-state index contributed by atoms with van der Waals surface area (Å²) in [5.74, 6) is 3.21. The molecule has 2 nitrogen and oxygen atoms in total. The average Bonchev–Trinajstić information content (AvgIpc) is 2.76. The van der Waals surface area contributed by atoms with E-state index in [1.54, 1.807) is 0 Å². The van der Waals surface area contributed by atoms with Crippen LogP contribution in [-0.4, -0.2) is 22.4 Å². The molecular formula is C19H32O2. The number of aliphatic hydroxyl groups excluding tert-OH is 2. The maximum absolute atomic E-state index is 10.5. The minimum atomic E-state index is -0.0536. The first kappa shape index (κ1) is 14.5. The smallest absolute Gasteiger partial charge is 0.0596 e. The van der Waals surface area contributed by atoms with Crippen LogP contribution in [0.25, 0.3) is 0 Å². The predicted octanol–water partition coefficient (Wildman–Crippen LogP) is 3.75. The van der Waals surface area contributed by atoms with E-state index in [-0.39, 0.29) is 17.6 Å². The van der Waals surface area contributed by atoms with E-state index >= 15 is 0 Å². The van der Waals surface area contributed by atoms with Gasteiger partial charge in [0.15, 0.2) is 0 Å². The lowest BCUT2D eigenvalue weighted by Gasteiger charge is -2.60. The van der Waals surface area contributed by atoms with Gasteiger partial charge in [0, 0.05) is 0 Å². The summed E-state index contributed by atoms with van der Waals surface area (Å²) in [7, 11) is 0. The lowest BCUT2D eigenvalue weighted by molar-refractivity contribution is -0.133. The van der Waals surface area contributed by atoms with Gasteiger partial charge in [0.2, 0.25) is 0 Å². The van der Waals surface area contributed by atoms with Gasteiger partial charge < -0.3 is 10.2 Å². The van der Waals surface area contributed by atoms with Crippen LogP contribution < -0.4 is 0 Å². The van der Waals surface area contributed by atoms with E-state index in [0.717, 1.165) is 42.9 Å². The molecule has 0 aliphatic heterocycles. The summed E-state index contributed by atoms with van der Waals surface area (Å²) in [6.45, 7) is 4.90. The largest absolute Gasteiger partial charge is 0.393 e. The van der Waals surface area contributed by atoms with Crippen LogP contribution in [0.3, 0.4) is 0 Å². The fourth-order valence-corrected chi connectivity index (χ4v) is 7.21. The Morgan fingerprint density at radius 3 is 2.29 bits per heavy atom. The molecule has 0 spiro atoms. The molecule has 0 aromatic rings. The van der Waals surface area contributed by atoms with E-state index in [4.69, 9.17) is 0 Å². The summed E-state index contributed by atoms with van der Waals surface area (Å²) in [6.07, 6.45) is 10.7. The molecule has 4 rings (SSSR count). The topological polar surface area (TPSA) is 40.5 Å². The van der Waals surface area contributed by atoms with Crippen molar-refractivity contribution in [1.29, 1.82) is 0 Å². The molecule has 0 amide bonds. The first-order valence-electron chi connectivity index (χ1n) is 9.31. The van der Waals surface area contributed by atoms with Crippen molar-refractivity contribution in [2.45, 2.75) is 83.8 Å². The third kappa shape index (κ3) is 1.91. The number of hydrogen-bond acceptors (Lipinski definition) is 2. The Morgan fingerprint density at radius 2 is 1.48 bits per heavy atom. The number of rotatable bonds is 0. The van der Waals surface area contributed by atoms with Crippen molar-refractivity contribution >= 4 is 0 Å². The van der Waals surface area contributed by atoms with Gasteiger partial charge in [-0.3, -0.25) is 0 Å². The fourth-order valence-electron chi connectivity index (χ4n) is 7.21. The molecule has 0 bridgehead atoms. The highest BCUT2D eigenvalue weighted by atomic mass is 16.3. The van der Waals surface area contributed by atoms with Gasteiger partial charge in [-0.25, -0.2) is 0 Å². The van der Waals surface area contributed by atoms with E-state index in [9.17, 15) is 10.2 Å². The van der Waals surface area contributed by atoms with Gasteiger partial charge in [0.25, 0.3) is 0 Å². The lowest BCUT2D eigenvalue weighted by atomic mass is 9.45. The van der Waals surface area contributed by atoms with Crippen molar-refractivity contribution in [1.82, 2.24) is 0 Å². The molecule has 21 heavy (non-hydrogen) atoms. The molecule has 4 saturated carbocycles. The first-order valence-corrected chi connectivity index (χ1v) is 9.31. The SMILES string of the molecule is C[C@]12CC[C@@H](O)C[C@H]1CC[C@@H]1[C@H]2CC[C@]2(C)[C@@H](O)CC[C@@H]12. The van der Waals surface area contributed by atoms with Crippen LogP contribution in [0.5, 0.6) is 0 Å². The van der Waals surface area contributed by atoms with Gasteiger partial charge in [-0.1, -0.05) is 13.8 Å². The zero-order valence-electron chi connectivity index (χ0n) is 13.7. The zero-order chi connectivity index (χ0) is 14.8. The molecule has 2 N–H and O–H groups in total. The molecule has 4 fully saturated rings. The van der Waals surface area contributed by atoms with Gasteiger partial charge in [-0.2, -0.15) is 0 Å². The maximum Gasteiger partial charge on any atom is 0.0596 e. The monoisotopic (exact) mass is 292 g/mol. The molecule has 0 radical (unpaired) electrons. The van der Waals surface area contributed by atoms with Crippen molar-refractivity contribution in [2.24, 2.45) is 34.5 Å². The maximum atomic E-state index is 10.5. The molecule has 4 aliphatic carbocycles. The molecule has 0 heterocycles. The van der Waals surface area contributed by atoms with Gasteiger partial charge in [0.1, 0.15) is 0 Å². The van der Waals surface area contributed by atoms with E-state index in [2.05, 4.69) is 13.8 Å². The Kier molecular flexibility index (Phi) is 3.25. The fraction of sp³-hybridized carbons (Fsp3) is 1.00. The third-order valence-electron chi connectivity index (χ3n) is 8.59. The lowest BCUT2D eigenvalue weighted by Crippen LogP contribution is -2.54. The normalized spacial score (nSPS) is 60.0. The Hall–Kier alpha value is -0.0800. The summed E-state index contributed by atoms with van der Waals surface area (Å²) in [5.41, 5.74) is 0.676. The number of fused-ring (bicyclic) bond motifs is 5. The molecular weight excluding hydrogens is 260 g/mol. The van der Waals surface area contributed by atoms with Crippen molar-refractivity contribution in [3.8, 4) is 0 Å². The molecule has 8 atom stereocenters. The number of aliphatic hydroxyl groups is 2. The standard InChI is InChI=1S/C19H32O2/c1-18-9-7-13(20)11-12(18)3-4-14-15-5-6-17(21)19(15,2)10-8-16(14)18/h12-17,20-21H,3-11H2,1-2H3/t12-,13-,14+,15+,16-,17+,18+,19+/m1/s1. The van der Waals surface area contributed by atoms with Crippen LogP contribution in [0, 0.1) is 34.5 Å². The molecule has 0 aromatic carbocycles. The van der Waals surface area contributed by atoms with Gasteiger partial charge in [-0.15, -0.1) is 0 Å². The van der Waals surface area contributed by atoms with E-state index in [1.807, 2.05) is 0 Å². The molecule has 4 aliphatic rings. The van der Waals surface area contributed by atoms with E-state index < -0.39 is 0 Å². The summed E-state index contributed by atoms with van der Waals surface area (Å²) in [4.78, 5) is 0. The van der Waals surface area contributed by atoms with Crippen LogP contribution >= 0.6 is 0 Å². The van der Waals surface area contributed by atoms with Crippen molar-refractivity contribution in [3.05, 3.63) is 0 Å². The third-order valence-corrected chi connectivity index (χ3v) is 8.59. The Morgan fingerprint density at radius 1 is 0.762 bits per heavy atom. The van der Waals surface area contributed by atoms with Crippen LogP contribution in [0.1, 0.15) is 71.6 Å². The average molecular weight is 292 g/mol. The van der Waals surface area contributed by atoms with Crippen molar-refractivity contribution < 1.29 is 10.2 Å². The second-order valence-corrected chi connectivity index (χ2v) is 9.22. The Labute approximate surface area is 129 Å². The Balaban J connectivity index is 1.62. The summed E-state index contributed by atoms with van der Waals surface area (Å²) < 4.78 is 0. The van der Waals surface area contributed by atoms with Crippen LogP contribution in [0.15, 0.2) is 0 Å². The van der Waals surface area contributed by atoms with Crippen molar-refractivity contribution in [2.75, 3.05) is 0 Å². The quantitative estimate of drug-likeness (QED) is 0.714. The Bertz CT molecular complexity index is 422. The summed E-state index contributed by atoms with van der Waals surface area (Å²) in [6, 6.07) is 0. The highest BCUT2D eigenvalue weighted by Crippen LogP contribution is 2.66. The molecule has 120 valence electrons. The van der Waals surface area contributed by atoms with E-state index in [1.165, 1.54) is 38.5 Å². The minimum Gasteiger partial charge on any atom is -0.393 e. The van der Waals surface area contributed by atoms with E-state index in [0.29, 0.717) is 5.41 Å². The molecule has 2 heteroatoms. The minimum absolute atomic E-state index is 0.0400. The molecule has 0 aromatic heterocycles. The number of hydrogen-bond donors (Lipinski definition) is 2. The second kappa shape index (κ2) is 4.71. The molecule has 0 unspecified atom stereocenters. The molecule has 0 saturated heterocycles. The highest BCUT2D eigenvalue weighted by Gasteiger charge is 2.59. The van der Waals surface area contributed by atoms with Crippen molar-refractivity contribution in [3.63, 3.8) is 0 Å². The van der Waals surface area contributed by atoms with Crippen LogP contribution in [-0.2, 0) is 0 Å². The van der Waals surface area contributed by atoms with Gasteiger partial charge in [0.05, 0.1) is 12.2 Å². The first-order chi connectivity index (χ1) is 9.95. The van der Waals surface area contributed by atoms with Crippen LogP contribution in [0.2, 0.25) is 0 Å². The van der Waals surface area contributed by atoms with Gasteiger partial charge in [-0.05, 0) is 92.3 Å². The summed E-state index contributed by atoms with van der Waals surface area (Å²) in [5, 5.41) is 20.5. The summed E-state index contributed by atoms with van der Waals surface area (Å²) >= 11 is 0. The predicted molar refractivity (Wildman–Crippen MR) is 83.7 cm³/mol. The second-order valence-electron chi connectivity index (χ2n) is 9.22.